The number of hydrogen-bond acceptors (Lipinski definition) is 5. The molecule has 0 aromatic heterocycles. The van der Waals surface area contributed by atoms with E-state index in [-0.39, 0.29) is 23.3 Å². The number of nitrogens with one attached hydrogen (secondary N) is 1. The monoisotopic (exact) mass is 409 g/mol. The Kier molecular flexibility index (Phi) is 5.62. The van der Waals surface area contributed by atoms with Crippen LogP contribution < -0.4 is 14.8 Å². The number of hydrogen-bond donors (Lipinski definition) is 1. The molecule has 0 bridgehead atoms. The molecule has 8 heteroatoms. The summed E-state index contributed by atoms with van der Waals surface area (Å²) in [5.41, 5.74) is 1.54. The minimum absolute atomic E-state index is 0.141. The van der Waals surface area contributed by atoms with E-state index in [0.29, 0.717) is 29.7 Å². The van der Waals surface area contributed by atoms with Crippen LogP contribution in [0.1, 0.15) is 24.1 Å². The lowest BCUT2D eigenvalue weighted by Gasteiger charge is -2.20. The van der Waals surface area contributed by atoms with Crippen LogP contribution in [0.4, 0.5) is 0 Å². The zero-order chi connectivity index (χ0) is 19.6. The second-order valence-electron chi connectivity index (χ2n) is 6.41. The van der Waals surface area contributed by atoms with E-state index in [1.165, 1.54) is 12.1 Å². The lowest BCUT2D eigenvalue weighted by molar-refractivity contribution is -0.121. The Morgan fingerprint density at radius 3 is 2.52 bits per heavy atom. The molecular weight excluding hydrogens is 390 g/mol. The number of rotatable bonds is 5. The van der Waals surface area contributed by atoms with E-state index < -0.39 is 9.84 Å². The van der Waals surface area contributed by atoms with Gasteiger partial charge in [0.1, 0.15) is 13.2 Å². The fourth-order valence-corrected chi connectivity index (χ4v) is 3.75. The first-order valence-electron chi connectivity index (χ1n) is 8.41. The fourth-order valence-electron chi connectivity index (χ4n) is 2.83. The van der Waals surface area contributed by atoms with Crippen molar-refractivity contribution < 1.29 is 22.7 Å². The summed E-state index contributed by atoms with van der Waals surface area (Å²) in [7, 11) is -3.24. The molecule has 1 atom stereocenters. The van der Waals surface area contributed by atoms with E-state index in [0.717, 1.165) is 17.4 Å². The molecule has 0 unspecified atom stereocenters. The molecule has 2 aromatic carbocycles. The van der Waals surface area contributed by atoms with Crippen LogP contribution in [0.5, 0.6) is 11.5 Å². The third kappa shape index (κ3) is 4.73. The molecule has 1 N–H and O–H groups in total. The van der Waals surface area contributed by atoms with Crippen molar-refractivity contribution >= 4 is 27.3 Å². The lowest BCUT2D eigenvalue weighted by atomic mass is 10.1. The average Bonchev–Trinajstić information content (AvgIpc) is 2.61. The highest BCUT2D eigenvalue weighted by Gasteiger charge is 2.18. The number of sulfone groups is 1. The molecule has 1 aliphatic rings. The molecule has 0 saturated carbocycles. The van der Waals surface area contributed by atoms with E-state index in [1.807, 2.05) is 6.92 Å². The maximum absolute atomic E-state index is 12.4. The smallest absolute Gasteiger partial charge is 0.224 e. The van der Waals surface area contributed by atoms with Gasteiger partial charge in [-0.15, -0.1) is 0 Å². The molecule has 0 fully saturated rings. The van der Waals surface area contributed by atoms with Crippen LogP contribution in [0.15, 0.2) is 41.3 Å². The second kappa shape index (κ2) is 7.78. The van der Waals surface area contributed by atoms with Crippen LogP contribution in [-0.4, -0.2) is 33.8 Å². The van der Waals surface area contributed by atoms with Crippen molar-refractivity contribution in [3.05, 3.63) is 52.5 Å². The predicted octanol–water partition coefficient (Wildman–Crippen LogP) is 2.93. The van der Waals surface area contributed by atoms with Gasteiger partial charge in [-0.1, -0.05) is 23.7 Å². The van der Waals surface area contributed by atoms with Gasteiger partial charge < -0.3 is 14.8 Å². The first kappa shape index (κ1) is 19.5. The topological polar surface area (TPSA) is 81.7 Å². The van der Waals surface area contributed by atoms with Gasteiger partial charge in [-0.25, -0.2) is 8.42 Å². The third-order valence-electron chi connectivity index (χ3n) is 4.21. The van der Waals surface area contributed by atoms with Crippen LogP contribution in [0.2, 0.25) is 5.02 Å². The molecule has 2 aromatic rings. The summed E-state index contributed by atoms with van der Waals surface area (Å²) in [6.07, 6.45) is 1.30. The molecule has 27 heavy (non-hydrogen) atoms. The van der Waals surface area contributed by atoms with Crippen LogP contribution in [0.3, 0.4) is 0 Å². The Hall–Kier alpha value is -2.25. The largest absolute Gasteiger partial charge is 0.486 e. The van der Waals surface area contributed by atoms with Gasteiger partial charge in [0.25, 0.3) is 0 Å². The molecule has 1 heterocycles. The molecular formula is C19H20ClNO5S. The molecule has 0 saturated heterocycles. The molecule has 6 nitrogen and oxygen atoms in total. The van der Waals surface area contributed by atoms with E-state index in [4.69, 9.17) is 21.1 Å². The van der Waals surface area contributed by atoms with Crippen LogP contribution in [0.25, 0.3) is 0 Å². The Bertz CT molecular complexity index is 957. The van der Waals surface area contributed by atoms with Gasteiger partial charge >= 0.3 is 0 Å². The zero-order valence-corrected chi connectivity index (χ0v) is 16.6. The highest BCUT2D eigenvalue weighted by atomic mass is 35.5. The summed E-state index contributed by atoms with van der Waals surface area (Å²) in [6.45, 7) is 2.73. The van der Waals surface area contributed by atoms with Gasteiger partial charge in [-0.3, -0.25) is 4.79 Å². The molecule has 1 aliphatic heterocycles. The van der Waals surface area contributed by atoms with Crippen LogP contribution >= 0.6 is 11.6 Å². The molecule has 0 spiro atoms. The minimum atomic E-state index is -3.24. The predicted molar refractivity (Wildman–Crippen MR) is 102 cm³/mol. The van der Waals surface area contributed by atoms with Gasteiger partial charge in [0.15, 0.2) is 21.3 Å². The van der Waals surface area contributed by atoms with Crippen molar-refractivity contribution in [2.45, 2.75) is 24.3 Å². The summed E-state index contributed by atoms with van der Waals surface area (Å²) >= 11 is 6.20. The van der Waals surface area contributed by atoms with Crippen molar-refractivity contribution in [2.24, 2.45) is 0 Å². The van der Waals surface area contributed by atoms with Crippen molar-refractivity contribution in [1.82, 2.24) is 5.32 Å². The number of ether oxygens (including phenoxy) is 2. The van der Waals surface area contributed by atoms with Crippen molar-refractivity contribution in [3.8, 4) is 11.5 Å². The van der Waals surface area contributed by atoms with E-state index >= 15 is 0 Å². The van der Waals surface area contributed by atoms with Gasteiger partial charge in [0, 0.05) is 6.26 Å². The molecule has 0 aliphatic carbocycles. The number of carbonyl (C=O) groups is 1. The van der Waals surface area contributed by atoms with Crippen molar-refractivity contribution in [1.29, 1.82) is 0 Å². The minimum Gasteiger partial charge on any atom is -0.486 e. The van der Waals surface area contributed by atoms with Gasteiger partial charge in [0.2, 0.25) is 5.91 Å². The Morgan fingerprint density at radius 2 is 1.85 bits per heavy atom. The summed E-state index contributed by atoms with van der Waals surface area (Å²) in [5, 5.41) is 3.31. The number of carbonyl (C=O) groups excluding carboxylic acids is 1. The highest BCUT2D eigenvalue weighted by Crippen LogP contribution is 2.38. The average molecular weight is 410 g/mol. The molecule has 1 amide bonds. The Labute approximate surface area is 163 Å². The first-order valence-corrected chi connectivity index (χ1v) is 10.7. The summed E-state index contributed by atoms with van der Waals surface area (Å²) in [6, 6.07) is 9.65. The van der Waals surface area contributed by atoms with Crippen LogP contribution in [-0.2, 0) is 21.1 Å². The lowest BCUT2D eigenvalue weighted by Crippen LogP contribution is -2.28. The SMILES string of the molecule is C[C@@H](NC(=O)Cc1cc(Cl)c2c(c1)OCCO2)c1ccc(S(C)(=O)=O)cc1. The Balaban J connectivity index is 1.66. The van der Waals surface area contributed by atoms with Gasteiger partial charge in [-0.2, -0.15) is 0 Å². The Morgan fingerprint density at radius 1 is 1.19 bits per heavy atom. The van der Waals surface area contributed by atoms with E-state index in [2.05, 4.69) is 5.32 Å². The number of fused-ring (bicyclic) bond motifs is 1. The van der Waals surface area contributed by atoms with E-state index in [9.17, 15) is 13.2 Å². The molecule has 0 radical (unpaired) electrons. The second-order valence-corrected chi connectivity index (χ2v) is 8.83. The van der Waals surface area contributed by atoms with Crippen LogP contribution in [0, 0.1) is 0 Å². The summed E-state index contributed by atoms with van der Waals surface area (Å²) in [5.74, 6) is 0.870. The normalized spacial score (nSPS) is 14.5. The fraction of sp³-hybridized carbons (Fsp3) is 0.316. The van der Waals surface area contributed by atoms with Crippen molar-refractivity contribution in [2.75, 3.05) is 19.5 Å². The van der Waals surface area contributed by atoms with Crippen molar-refractivity contribution in [3.63, 3.8) is 0 Å². The zero-order valence-electron chi connectivity index (χ0n) is 15.0. The van der Waals surface area contributed by atoms with E-state index in [1.54, 1.807) is 24.3 Å². The highest BCUT2D eigenvalue weighted by molar-refractivity contribution is 7.90. The first-order chi connectivity index (χ1) is 12.7. The quantitative estimate of drug-likeness (QED) is 0.821. The summed E-state index contributed by atoms with van der Waals surface area (Å²) in [4.78, 5) is 12.6. The number of benzene rings is 2. The van der Waals surface area contributed by atoms with Gasteiger partial charge in [0.05, 0.1) is 22.4 Å². The number of halogens is 1. The maximum Gasteiger partial charge on any atom is 0.224 e. The standard InChI is InChI=1S/C19H20ClNO5S/c1-12(14-3-5-15(6-4-14)27(2,23)24)21-18(22)11-13-9-16(20)19-17(10-13)25-7-8-26-19/h3-6,9-10,12H,7-8,11H2,1-2H3,(H,21,22)/t12-/m1/s1. The third-order valence-corrected chi connectivity index (χ3v) is 5.62. The van der Waals surface area contributed by atoms with Gasteiger partial charge in [-0.05, 0) is 42.3 Å². The molecule has 144 valence electrons. The summed E-state index contributed by atoms with van der Waals surface area (Å²) < 4.78 is 34.0. The maximum atomic E-state index is 12.4. The number of amides is 1. The molecule has 3 rings (SSSR count).